The van der Waals surface area contributed by atoms with Gasteiger partial charge in [-0.2, -0.15) is 0 Å². The summed E-state index contributed by atoms with van der Waals surface area (Å²) in [6.45, 7) is 0.569. The van der Waals surface area contributed by atoms with Crippen LogP contribution >= 0.6 is 12.2 Å². The van der Waals surface area contributed by atoms with Gasteiger partial charge in [0.25, 0.3) is 5.91 Å². The van der Waals surface area contributed by atoms with E-state index in [2.05, 4.69) is 10.6 Å². The monoisotopic (exact) mass is 302 g/mol. The van der Waals surface area contributed by atoms with Gasteiger partial charge in [-0.15, -0.1) is 0 Å². The van der Waals surface area contributed by atoms with Crippen LogP contribution in [0.25, 0.3) is 0 Å². The minimum atomic E-state index is -0.252. The molecule has 5 heteroatoms. The summed E-state index contributed by atoms with van der Waals surface area (Å²) in [5, 5.41) is 5.85. The number of carbonyl (C=O) groups excluding carboxylic acids is 1. The fraction of sp³-hybridized carbons (Fsp3) is 0.125. The molecular formula is C16H15FN2OS. The van der Waals surface area contributed by atoms with Crippen LogP contribution in [0.1, 0.15) is 15.9 Å². The summed E-state index contributed by atoms with van der Waals surface area (Å²) in [5.74, 6) is -0.493. The molecule has 0 unspecified atom stereocenters. The van der Waals surface area contributed by atoms with Gasteiger partial charge in [0, 0.05) is 12.1 Å². The second-order valence-electron chi connectivity index (χ2n) is 4.45. The van der Waals surface area contributed by atoms with Crippen LogP contribution in [0.4, 0.5) is 4.39 Å². The molecule has 0 aliphatic carbocycles. The van der Waals surface area contributed by atoms with Crippen molar-refractivity contribution in [1.29, 1.82) is 0 Å². The first-order chi connectivity index (χ1) is 10.1. The Balaban J connectivity index is 1.75. The standard InChI is InChI=1S/C16H15FN2OS/c17-14-8-6-12(7-9-14)10-11-18-16(21)19-15(20)13-4-2-1-3-5-13/h1-9H,10-11H2,(H2,18,19,20,21). The van der Waals surface area contributed by atoms with E-state index in [1.807, 2.05) is 6.07 Å². The summed E-state index contributed by atoms with van der Waals surface area (Å²) in [6.07, 6.45) is 0.696. The van der Waals surface area contributed by atoms with E-state index in [0.29, 0.717) is 18.5 Å². The highest BCUT2D eigenvalue weighted by molar-refractivity contribution is 7.80. The van der Waals surface area contributed by atoms with Gasteiger partial charge in [0.2, 0.25) is 0 Å². The van der Waals surface area contributed by atoms with E-state index >= 15 is 0 Å². The van der Waals surface area contributed by atoms with E-state index in [-0.39, 0.29) is 16.8 Å². The van der Waals surface area contributed by atoms with Crippen LogP contribution in [0, 0.1) is 5.82 Å². The van der Waals surface area contributed by atoms with Crippen molar-refractivity contribution in [3.05, 3.63) is 71.5 Å². The molecule has 0 saturated heterocycles. The van der Waals surface area contributed by atoms with Crippen molar-refractivity contribution < 1.29 is 9.18 Å². The summed E-state index contributed by atoms with van der Waals surface area (Å²) in [7, 11) is 0. The first-order valence-electron chi connectivity index (χ1n) is 6.54. The van der Waals surface area contributed by atoms with Crippen molar-refractivity contribution in [2.75, 3.05) is 6.54 Å². The Kier molecular flexibility index (Phi) is 5.40. The number of thiocarbonyl (C=S) groups is 1. The van der Waals surface area contributed by atoms with Crippen LogP contribution < -0.4 is 10.6 Å². The molecule has 0 spiro atoms. The maximum Gasteiger partial charge on any atom is 0.257 e. The van der Waals surface area contributed by atoms with Crippen LogP contribution in [-0.2, 0) is 6.42 Å². The van der Waals surface area contributed by atoms with Gasteiger partial charge in [0.15, 0.2) is 5.11 Å². The van der Waals surface area contributed by atoms with Crippen LogP contribution in [0.15, 0.2) is 54.6 Å². The average Bonchev–Trinajstić information content (AvgIpc) is 2.50. The summed E-state index contributed by atoms with van der Waals surface area (Å²) < 4.78 is 12.8. The number of rotatable bonds is 4. The summed E-state index contributed by atoms with van der Waals surface area (Å²) in [4.78, 5) is 11.8. The summed E-state index contributed by atoms with van der Waals surface area (Å²) in [6, 6.07) is 15.2. The van der Waals surface area contributed by atoms with E-state index < -0.39 is 0 Å². The van der Waals surface area contributed by atoms with Gasteiger partial charge in [-0.05, 0) is 48.5 Å². The average molecular weight is 302 g/mol. The molecule has 0 radical (unpaired) electrons. The Morgan fingerprint density at radius 3 is 2.38 bits per heavy atom. The first-order valence-corrected chi connectivity index (χ1v) is 6.94. The molecule has 0 fully saturated rings. The molecule has 2 rings (SSSR count). The van der Waals surface area contributed by atoms with Crippen molar-refractivity contribution in [1.82, 2.24) is 10.6 Å². The number of carbonyl (C=O) groups is 1. The molecule has 3 nitrogen and oxygen atoms in total. The van der Waals surface area contributed by atoms with E-state index in [1.54, 1.807) is 36.4 Å². The van der Waals surface area contributed by atoms with Crippen LogP contribution in [-0.4, -0.2) is 17.6 Å². The van der Waals surface area contributed by atoms with Crippen molar-refractivity contribution in [3.63, 3.8) is 0 Å². The molecule has 108 valence electrons. The normalized spacial score (nSPS) is 9.95. The zero-order chi connectivity index (χ0) is 15.1. The molecule has 2 aromatic carbocycles. The Labute approximate surface area is 128 Å². The van der Waals surface area contributed by atoms with E-state index in [0.717, 1.165) is 5.56 Å². The van der Waals surface area contributed by atoms with Gasteiger partial charge in [0.05, 0.1) is 0 Å². The highest BCUT2D eigenvalue weighted by atomic mass is 32.1. The third kappa shape index (κ3) is 4.96. The van der Waals surface area contributed by atoms with Gasteiger partial charge >= 0.3 is 0 Å². The van der Waals surface area contributed by atoms with Gasteiger partial charge in [-0.1, -0.05) is 30.3 Å². The first kappa shape index (κ1) is 15.1. The quantitative estimate of drug-likeness (QED) is 0.853. The molecule has 2 N–H and O–H groups in total. The predicted molar refractivity (Wildman–Crippen MR) is 84.6 cm³/mol. The molecule has 0 saturated carbocycles. The molecule has 0 aliphatic rings. The Hall–Kier alpha value is -2.27. The molecular weight excluding hydrogens is 287 g/mol. The second kappa shape index (κ2) is 7.50. The fourth-order valence-corrected chi connectivity index (χ4v) is 1.98. The Morgan fingerprint density at radius 1 is 1.05 bits per heavy atom. The minimum Gasteiger partial charge on any atom is -0.362 e. The number of hydrogen-bond donors (Lipinski definition) is 2. The maximum absolute atomic E-state index is 12.8. The summed E-state index contributed by atoms with van der Waals surface area (Å²) >= 11 is 5.06. The van der Waals surface area contributed by atoms with Crippen molar-refractivity contribution >= 4 is 23.2 Å². The molecule has 0 aromatic heterocycles. The van der Waals surface area contributed by atoms with Gasteiger partial charge < -0.3 is 5.32 Å². The lowest BCUT2D eigenvalue weighted by Crippen LogP contribution is -2.40. The molecule has 0 heterocycles. The number of halogens is 1. The highest BCUT2D eigenvalue weighted by Gasteiger charge is 2.06. The van der Waals surface area contributed by atoms with Crippen LogP contribution in [0.2, 0.25) is 0 Å². The fourth-order valence-electron chi connectivity index (χ4n) is 1.78. The van der Waals surface area contributed by atoms with Crippen LogP contribution in [0.3, 0.4) is 0 Å². The zero-order valence-electron chi connectivity index (χ0n) is 11.3. The smallest absolute Gasteiger partial charge is 0.257 e. The van der Waals surface area contributed by atoms with Gasteiger partial charge in [0.1, 0.15) is 5.82 Å². The van der Waals surface area contributed by atoms with Crippen molar-refractivity contribution in [3.8, 4) is 0 Å². The van der Waals surface area contributed by atoms with E-state index in [4.69, 9.17) is 12.2 Å². The maximum atomic E-state index is 12.8. The van der Waals surface area contributed by atoms with Crippen molar-refractivity contribution in [2.45, 2.75) is 6.42 Å². The molecule has 0 bridgehead atoms. The van der Waals surface area contributed by atoms with Crippen LogP contribution in [0.5, 0.6) is 0 Å². The van der Waals surface area contributed by atoms with E-state index in [1.165, 1.54) is 12.1 Å². The number of amides is 1. The SMILES string of the molecule is O=C(NC(=S)NCCc1ccc(F)cc1)c1ccccc1. The zero-order valence-corrected chi connectivity index (χ0v) is 12.1. The summed E-state index contributed by atoms with van der Waals surface area (Å²) in [5.41, 5.74) is 1.56. The predicted octanol–water partition coefficient (Wildman–Crippen LogP) is 2.67. The molecule has 2 aromatic rings. The molecule has 21 heavy (non-hydrogen) atoms. The van der Waals surface area contributed by atoms with Gasteiger partial charge in [-0.3, -0.25) is 10.1 Å². The van der Waals surface area contributed by atoms with E-state index in [9.17, 15) is 9.18 Å². The molecule has 1 amide bonds. The minimum absolute atomic E-state index is 0.241. The largest absolute Gasteiger partial charge is 0.362 e. The third-order valence-electron chi connectivity index (χ3n) is 2.88. The lowest BCUT2D eigenvalue weighted by molar-refractivity contribution is 0.0976. The lowest BCUT2D eigenvalue weighted by atomic mass is 10.1. The highest BCUT2D eigenvalue weighted by Crippen LogP contribution is 2.02. The Morgan fingerprint density at radius 2 is 1.71 bits per heavy atom. The number of nitrogens with one attached hydrogen (secondary N) is 2. The molecule has 0 aliphatic heterocycles. The number of benzene rings is 2. The number of hydrogen-bond acceptors (Lipinski definition) is 2. The molecule has 0 atom stereocenters. The van der Waals surface area contributed by atoms with Gasteiger partial charge in [-0.25, -0.2) is 4.39 Å². The van der Waals surface area contributed by atoms with Crippen molar-refractivity contribution in [2.24, 2.45) is 0 Å². The lowest BCUT2D eigenvalue weighted by Gasteiger charge is -2.09. The second-order valence-corrected chi connectivity index (χ2v) is 4.86. The third-order valence-corrected chi connectivity index (χ3v) is 3.12. The topological polar surface area (TPSA) is 41.1 Å². The Bertz CT molecular complexity index is 614.